The molecular weight excluding hydrogens is 530 g/mol. The van der Waals surface area contributed by atoms with Gasteiger partial charge < -0.3 is 20.1 Å². The highest BCUT2D eigenvalue weighted by Crippen LogP contribution is 2.26. The van der Waals surface area contributed by atoms with Crippen LogP contribution in [0.2, 0.25) is 0 Å². The average Bonchev–Trinajstić information content (AvgIpc) is 2.86. The van der Waals surface area contributed by atoms with Crippen LogP contribution in [0.1, 0.15) is 26.3 Å². The second kappa shape index (κ2) is 13.6. The van der Waals surface area contributed by atoms with E-state index in [2.05, 4.69) is 31.9 Å². The van der Waals surface area contributed by atoms with Crippen LogP contribution in [-0.2, 0) is 11.2 Å². The molecule has 0 bridgehead atoms. The molecule has 35 heavy (non-hydrogen) atoms. The summed E-state index contributed by atoms with van der Waals surface area (Å²) in [5.74, 6) is -0.0194. The first-order valence-electron chi connectivity index (χ1n) is 10.9. The van der Waals surface area contributed by atoms with Crippen LogP contribution in [0, 0.1) is 0 Å². The van der Waals surface area contributed by atoms with Crippen LogP contribution in [0.5, 0.6) is 5.75 Å². The van der Waals surface area contributed by atoms with Gasteiger partial charge in [0, 0.05) is 19.2 Å². The number of nitrogens with one attached hydrogen (secondary N) is 3. The van der Waals surface area contributed by atoms with Crippen molar-refractivity contribution in [3.8, 4) is 5.75 Å². The molecule has 9 heteroatoms. The number of carbonyl (C=O) groups excluding carboxylic acids is 2. The van der Waals surface area contributed by atoms with Gasteiger partial charge in [-0.25, -0.2) is 0 Å². The summed E-state index contributed by atoms with van der Waals surface area (Å²) in [5, 5.41) is 8.59. The number of ether oxygens (including phenoxy) is 2. The Bertz CT molecular complexity index is 1170. The standard InChI is InChI=1S/C26H26BrN3O4S/c1-33-15-16-34-23-12-11-19(17-21(23)27)24(31)30-26(35)29-22-10-6-5-9-20(22)25(32)28-14-13-18-7-3-2-4-8-18/h2-12,17H,13-16H2,1H3,(H,28,32)(H2,29,30,31,35). The number of rotatable bonds is 10. The zero-order valence-corrected chi connectivity index (χ0v) is 21.6. The second-order valence-corrected chi connectivity index (χ2v) is 8.69. The first-order chi connectivity index (χ1) is 17.0. The number of para-hydroxylation sites is 1. The van der Waals surface area contributed by atoms with E-state index in [1.807, 2.05) is 30.3 Å². The Morgan fingerprint density at radius 3 is 2.43 bits per heavy atom. The van der Waals surface area contributed by atoms with E-state index >= 15 is 0 Å². The fraction of sp³-hybridized carbons (Fsp3) is 0.192. The van der Waals surface area contributed by atoms with Crippen molar-refractivity contribution in [1.29, 1.82) is 0 Å². The molecule has 0 spiro atoms. The fourth-order valence-electron chi connectivity index (χ4n) is 3.17. The summed E-state index contributed by atoms with van der Waals surface area (Å²) in [5.41, 5.74) is 2.46. The highest BCUT2D eigenvalue weighted by molar-refractivity contribution is 9.10. The third-order valence-electron chi connectivity index (χ3n) is 4.93. The van der Waals surface area contributed by atoms with E-state index < -0.39 is 5.91 Å². The van der Waals surface area contributed by atoms with Gasteiger partial charge in [0.2, 0.25) is 0 Å². The highest BCUT2D eigenvalue weighted by atomic mass is 79.9. The van der Waals surface area contributed by atoms with Crippen molar-refractivity contribution in [3.63, 3.8) is 0 Å². The van der Waals surface area contributed by atoms with E-state index in [0.29, 0.717) is 46.8 Å². The summed E-state index contributed by atoms with van der Waals surface area (Å²) < 4.78 is 11.2. The number of hydrogen-bond acceptors (Lipinski definition) is 5. The topological polar surface area (TPSA) is 88.7 Å². The molecule has 0 unspecified atom stereocenters. The van der Waals surface area contributed by atoms with Crippen LogP contribution in [0.15, 0.2) is 77.3 Å². The lowest BCUT2D eigenvalue weighted by molar-refractivity contribution is 0.0953. The number of halogens is 1. The molecule has 0 aliphatic heterocycles. The second-order valence-electron chi connectivity index (χ2n) is 7.43. The van der Waals surface area contributed by atoms with Crippen molar-refractivity contribution in [1.82, 2.24) is 10.6 Å². The number of anilines is 1. The molecule has 0 radical (unpaired) electrons. The molecule has 182 valence electrons. The van der Waals surface area contributed by atoms with Gasteiger partial charge in [0.15, 0.2) is 5.11 Å². The van der Waals surface area contributed by atoms with E-state index in [1.54, 1.807) is 49.6 Å². The largest absolute Gasteiger partial charge is 0.490 e. The quantitative estimate of drug-likeness (QED) is 0.251. The van der Waals surface area contributed by atoms with Crippen molar-refractivity contribution in [3.05, 3.63) is 94.0 Å². The predicted octanol–water partition coefficient (Wildman–Crippen LogP) is 4.57. The van der Waals surface area contributed by atoms with Gasteiger partial charge >= 0.3 is 0 Å². The van der Waals surface area contributed by atoms with Gasteiger partial charge in [0.05, 0.1) is 22.3 Å². The van der Waals surface area contributed by atoms with Crippen molar-refractivity contribution >= 4 is 50.8 Å². The smallest absolute Gasteiger partial charge is 0.257 e. The molecule has 0 aliphatic carbocycles. The maximum Gasteiger partial charge on any atom is 0.257 e. The monoisotopic (exact) mass is 555 g/mol. The number of amides is 2. The number of benzene rings is 3. The van der Waals surface area contributed by atoms with Crippen LogP contribution < -0.4 is 20.7 Å². The van der Waals surface area contributed by atoms with Gasteiger partial charge in [0.25, 0.3) is 11.8 Å². The Kier molecular flexibility index (Phi) is 10.2. The third-order valence-corrected chi connectivity index (χ3v) is 5.75. The van der Waals surface area contributed by atoms with Crippen LogP contribution in [0.3, 0.4) is 0 Å². The lowest BCUT2D eigenvalue weighted by Crippen LogP contribution is -2.35. The Balaban J connectivity index is 1.56. The summed E-state index contributed by atoms with van der Waals surface area (Å²) in [7, 11) is 1.60. The maximum absolute atomic E-state index is 12.7. The minimum Gasteiger partial charge on any atom is -0.490 e. The predicted molar refractivity (Wildman–Crippen MR) is 144 cm³/mol. The van der Waals surface area contributed by atoms with Gasteiger partial charge in [-0.15, -0.1) is 0 Å². The fourth-order valence-corrected chi connectivity index (χ4v) is 3.87. The number of carbonyl (C=O) groups is 2. The molecule has 0 heterocycles. The van der Waals surface area contributed by atoms with Gasteiger partial charge in [-0.1, -0.05) is 42.5 Å². The summed E-state index contributed by atoms with van der Waals surface area (Å²) in [6.07, 6.45) is 0.725. The molecule has 7 nitrogen and oxygen atoms in total. The molecule has 0 saturated heterocycles. The Hall–Kier alpha value is -3.27. The van der Waals surface area contributed by atoms with E-state index in [-0.39, 0.29) is 11.0 Å². The first kappa shape index (κ1) is 26.3. The number of thiocarbonyl (C=S) groups is 1. The van der Waals surface area contributed by atoms with Crippen LogP contribution in [-0.4, -0.2) is 43.8 Å². The summed E-state index contributed by atoms with van der Waals surface area (Å²) in [6, 6.07) is 21.9. The molecule has 3 rings (SSSR count). The summed E-state index contributed by atoms with van der Waals surface area (Å²) >= 11 is 8.72. The van der Waals surface area contributed by atoms with Crippen LogP contribution >= 0.6 is 28.1 Å². The lowest BCUT2D eigenvalue weighted by Gasteiger charge is -2.14. The van der Waals surface area contributed by atoms with Crippen LogP contribution in [0.25, 0.3) is 0 Å². The highest BCUT2D eigenvalue weighted by Gasteiger charge is 2.14. The SMILES string of the molecule is COCCOc1ccc(C(=O)NC(=S)Nc2ccccc2C(=O)NCCc2ccccc2)cc1Br. The van der Waals surface area contributed by atoms with Crippen molar-refractivity contribution < 1.29 is 19.1 Å². The molecule has 0 aromatic heterocycles. The van der Waals surface area contributed by atoms with Gasteiger partial charge in [-0.05, 0) is 70.5 Å². The minimum atomic E-state index is -0.392. The molecular formula is C26H26BrN3O4S. The lowest BCUT2D eigenvalue weighted by atomic mass is 10.1. The molecule has 0 fully saturated rings. The van der Waals surface area contributed by atoms with Gasteiger partial charge in [-0.2, -0.15) is 0 Å². The van der Waals surface area contributed by atoms with Gasteiger partial charge in [-0.3, -0.25) is 14.9 Å². The molecule has 0 saturated carbocycles. The van der Waals surface area contributed by atoms with Crippen LogP contribution in [0.4, 0.5) is 5.69 Å². The molecule has 0 aliphatic rings. The van der Waals surface area contributed by atoms with E-state index in [0.717, 1.165) is 12.0 Å². The Morgan fingerprint density at radius 2 is 1.69 bits per heavy atom. The molecule has 3 aromatic carbocycles. The normalized spacial score (nSPS) is 10.3. The Labute approximate surface area is 218 Å². The van der Waals surface area contributed by atoms with Crippen molar-refractivity contribution in [2.45, 2.75) is 6.42 Å². The first-order valence-corrected chi connectivity index (χ1v) is 12.1. The van der Waals surface area contributed by atoms with E-state index in [1.165, 1.54) is 0 Å². The molecule has 2 amide bonds. The van der Waals surface area contributed by atoms with Crippen molar-refractivity contribution in [2.75, 3.05) is 32.2 Å². The summed E-state index contributed by atoms with van der Waals surface area (Å²) in [4.78, 5) is 25.4. The zero-order chi connectivity index (χ0) is 25.0. The molecule has 3 N–H and O–H groups in total. The summed E-state index contributed by atoms with van der Waals surface area (Å²) in [6.45, 7) is 1.35. The maximum atomic E-state index is 12.7. The van der Waals surface area contributed by atoms with Crippen molar-refractivity contribution in [2.24, 2.45) is 0 Å². The van der Waals surface area contributed by atoms with E-state index in [9.17, 15) is 9.59 Å². The van der Waals surface area contributed by atoms with E-state index in [4.69, 9.17) is 21.7 Å². The molecule has 3 aromatic rings. The molecule has 0 atom stereocenters. The average molecular weight is 556 g/mol. The minimum absolute atomic E-state index is 0.0797. The number of hydrogen-bond donors (Lipinski definition) is 3. The Morgan fingerprint density at radius 1 is 0.943 bits per heavy atom. The zero-order valence-electron chi connectivity index (χ0n) is 19.2. The van der Waals surface area contributed by atoms with Gasteiger partial charge in [0.1, 0.15) is 12.4 Å². The number of methoxy groups -OCH3 is 1. The third kappa shape index (κ3) is 8.17.